The summed E-state index contributed by atoms with van der Waals surface area (Å²) < 4.78 is 31.8. The highest BCUT2D eigenvalue weighted by atomic mass is 19.1. The maximum atomic E-state index is 14.6. The molecule has 1 aliphatic carbocycles. The Bertz CT molecular complexity index is 659. The maximum Gasteiger partial charge on any atom is 0.309 e. The number of aliphatic hydroxyl groups excluding tert-OH is 1. The highest BCUT2D eigenvalue weighted by Crippen LogP contribution is 2.31. The quantitative estimate of drug-likeness (QED) is 0.484. The van der Waals surface area contributed by atoms with Gasteiger partial charge in [-0.15, -0.1) is 0 Å². The molecule has 1 unspecified atom stereocenters. The van der Waals surface area contributed by atoms with Gasteiger partial charge in [0.05, 0.1) is 23.4 Å². The lowest BCUT2D eigenvalue weighted by atomic mass is 9.82. The Morgan fingerprint density at radius 1 is 1.17 bits per heavy atom. The Labute approximate surface area is 174 Å². The molecule has 0 radical (unpaired) electrons. The zero-order valence-corrected chi connectivity index (χ0v) is 18.6. The van der Waals surface area contributed by atoms with Crippen molar-refractivity contribution in [3.05, 3.63) is 24.0 Å². The first-order valence-corrected chi connectivity index (χ1v) is 10.5. The summed E-state index contributed by atoms with van der Waals surface area (Å²) in [7, 11) is 0.193. The van der Waals surface area contributed by atoms with Crippen LogP contribution in [-0.2, 0) is 9.39 Å². The van der Waals surface area contributed by atoms with E-state index in [1.54, 1.807) is 39.8 Å². The third kappa shape index (κ3) is 6.95. The minimum absolute atomic E-state index is 0.00375. The minimum Gasteiger partial charge on any atom is -0.487 e. The van der Waals surface area contributed by atoms with Crippen molar-refractivity contribution >= 4 is 12.9 Å². The maximum absolute atomic E-state index is 14.6. The molecule has 5 nitrogen and oxygen atoms in total. The van der Waals surface area contributed by atoms with E-state index in [9.17, 15) is 14.6 Å². The third-order valence-electron chi connectivity index (χ3n) is 5.84. The smallest absolute Gasteiger partial charge is 0.309 e. The summed E-state index contributed by atoms with van der Waals surface area (Å²) in [6, 6.07) is 4.80. The molecule has 2 N–H and O–H groups in total. The van der Waals surface area contributed by atoms with Crippen LogP contribution < -0.4 is 10.2 Å². The van der Waals surface area contributed by atoms with Crippen molar-refractivity contribution in [2.45, 2.75) is 96.9 Å². The lowest BCUT2D eigenvalue weighted by molar-refractivity contribution is -0.167. The number of rotatable bonds is 9. The van der Waals surface area contributed by atoms with Crippen LogP contribution in [0, 0.1) is 11.7 Å². The molecule has 1 fully saturated rings. The molecule has 3 atom stereocenters. The monoisotopic (exact) mass is 410 g/mol. The van der Waals surface area contributed by atoms with Crippen molar-refractivity contribution < 1.29 is 28.7 Å². The molecule has 0 aliphatic heterocycles. The van der Waals surface area contributed by atoms with Gasteiger partial charge in [-0.1, -0.05) is 6.07 Å². The summed E-state index contributed by atoms with van der Waals surface area (Å²) in [5.74, 6) is -0.232. The number of hydrogen-bond donors (Lipinski definition) is 2. The highest BCUT2D eigenvalue weighted by Gasteiger charge is 2.35. The SMILES string of the molecule is CC(C)OC(O)[C@H]1CCC[C@H](Oc2ccc(BOC(C)(C)C(C)(C)O)cc2F)C1. The van der Waals surface area contributed by atoms with Gasteiger partial charge < -0.3 is 24.3 Å². The fourth-order valence-corrected chi connectivity index (χ4v) is 3.29. The van der Waals surface area contributed by atoms with Gasteiger partial charge in [0.2, 0.25) is 0 Å². The molecule has 0 amide bonds. The van der Waals surface area contributed by atoms with Crippen molar-refractivity contribution in [1.29, 1.82) is 0 Å². The van der Waals surface area contributed by atoms with E-state index in [4.69, 9.17) is 14.1 Å². The first-order valence-electron chi connectivity index (χ1n) is 10.5. The standard InChI is InChI=1S/C22H36BFO5/c1-14(2)27-20(25)15-8-7-9-17(12-15)28-19-11-10-16(13-18(19)24)23-29-22(5,6)21(3,4)26/h10-11,13-15,17,20,23,25-26H,7-9,12H2,1-6H3/t15-,17-,20?/m0/s1. The van der Waals surface area contributed by atoms with Crippen molar-refractivity contribution in [2.75, 3.05) is 0 Å². The Morgan fingerprint density at radius 3 is 2.45 bits per heavy atom. The topological polar surface area (TPSA) is 68.2 Å². The van der Waals surface area contributed by atoms with Crippen LogP contribution in [0.2, 0.25) is 0 Å². The van der Waals surface area contributed by atoms with Crippen molar-refractivity contribution in [2.24, 2.45) is 5.92 Å². The molecule has 1 aliphatic rings. The lowest BCUT2D eigenvalue weighted by Gasteiger charge is -2.37. The normalized spacial score (nSPS) is 21.9. The van der Waals surface area contributed by atoms with Gasteiger partial charge in [0.25, 0.3) is 0 Å². The highest BCUT2D eigenvalue weighted by molar-refractivity contribution is 6.47. The molecule has 0 aromatic heterocycles. The number of benzene rings is 1. The molecule has 7 heteroatoms. The van der Waals surface area contributed by atoms with Crippen LogP contribution in [0.25, 0.3) is 0 Å². The predicted molar refractivity (Wildman–Crippen MR) is 113 cm³/mol. The molecule has 0 heterocycles. The van der Waals surface area contributed by atoms with Crippen molar-refractivity contribution in [3.8, 4) is 5.75 Å². The molecule has 0 spiro atoms. The van der Waals surface area contributed by atoms with Crippen LogP contribution in [-0.4, -0.2) is 47.4 Å². The summed E-state index contributed by atoms with van der Waals surface area (Å²) >= 11 is 0. The van der Waals surface area contributed by atoms with E-state index in [2.05, 4.69) is 0 Å². The molecule has 2 rings (SSSR count). The lowest BCUT2D eigenvalue weighted by Crippen LogP contribution is -2.49. The predicted octanol–water partition coefficient (Wildman–Crippen LogP) is 3.05. The van der Waals surface area contributed by atoms with Crippen LogP contribution in [0.4, 0.5) is 4.39 Å². The molecular formula is C22H36BFO5. The van der Waals surface area contributed by atoms with Crippen molar-refractivity contribution in [1.82, 2.24) is 0 Å². The Morgan fingerprint density at radius 2 is 1.86 bits per heavy atom. The Balaban J connectivity index is 1.95. The molecule has 0 bridgehead atoms. The van der Waals surface area contributed by atoms with Crippen LogP contribution in [0.5, 0.6) is 5.75 Å². The minimum atomic E-state index is -1.02. The first-order chi connectivity index (χ1) is 13.4. The second-order valence-electron chi connectivity index (χ2n) is 9.36. The van der Waals surface area contributed by atoms with E-state index in [-0.39, 0.29) is 31.4 Å². The number of aliphatic hydroxyl groups is 2. The van der Waals surface area contributed by atoms with Crippen LogP contribution in [0.1, 0.15) is 67.2 Å². The molecule has 1 saturated carbocycles. The molecular weight excluding hydrogens is 374 g/mol. The van der Waals surface area contributed by atoms with Gasteiger partial charge >= 0.3 is 7.48 Å². The van der Waals surface area contributed by atoms with Gasteiger partial charge in [-0.3, -0.25) is 0 Å². The zero-order chi connectivity index (χ0) is 21.8. The number of ether oxygens (including phenoxy) is 2. The van der Waals surface area contributed by atoms with Crippen LogP contribution in [0.3, 0.4) is 0 Å². The van der Waals surface area contributed by atoms with Crippen molar-refractivity contribution in [3.63, 3.8) is 0 Å². The summed E-state index contributed by atoms with van der Waals surface area (Å²) in [6.07, 6.45) is 2.25. The van der Waals surface area contributed by atoms with Crippen LogP contribution >= 0.6 is 0 Å². The number of hydrogen-bond acceptors (Lipinski definition) is 5. The van der Waals surface area contributed by atoms with Gasteiger partial charge in [-0.2, -0.15) is 0 Å². The fourth-order valence-electron chi connectivity index (χ4n) is 3.29. The Kier molecular flexibility index (Phi) is 8.13. The summed E-state index contributed by atoms with van der Waals surface area (Å²) in [4.78, 5) is 0. The first kappa shape index (κ1) is 24.1. The zero-order valence-electron chi connectivity index (χ0n) is 18.6. The second kappa shape index (κ2) is 9.77. The van der Waals surface area contributed by atoms with Gasteiger partial charge in [0, 0.05) is 5.92 Å². The van der Waals surface area contributed by atoms with E-state index >= 15 is 0 Å². The van der Waals surface area contributed by atoms with Gasteiger partial charge in [0.15, 0.2) is 17.9 Å². The molecule has 0 saturated heterocycles. The number of halogens is 1. The van der Waals surface area contributed by atoms with E-state index < -0.39 is 23.3 Å². The van der Waals surface area contributed by atoms with E-state index in [1.807, 2.05) is 13.8 Å². The second-order valence-corrected chi connectivity index (χ2v) is 9.36. The average Bonchev–Trinajstić information content (AvgIpc) is 2.61. The van der Waals surface area contributed by atoms with E-state index in [0.717, 1.165) is 19.3 Å². The van der Waals surface area contributed by atoms with E-state index in [1.165, 1.54) is 6.07 Å². The Hall–Kier alpha value is -1.15. The van der Waals surface area contributed by atoms with Crippen LogP contribution in [0.15, 0.2) is 18.2 Å². The van der Waals surface area contributed by atoms with Gasteiger partial charge in [-0.25, -0.2) is 4.39 Å². The fraction of sp³-hybridized carbons (Fsp3) is 0.727. The summed E-state index contributed by atoms with van der Waals surface area (Å²) in [6.45, 7) is 10.8. The molecule has 1 aromatic carbocycles. The molecule has 1 aromatic rings. The summed E-state index contributed by atoms with van der Waals surface area (Å²) in [5, 5.41) is 20.4. The average molecular weight is 410 g/mol. The molecule has 164 valence electrons. The van der Waals surface area contributed by atoms with E-state index in [0.29, 0.717) is 11.9 Å². The molecule has 29 heavy (non-hydrogen) atoms. The van der Waals surface area contributed by atoms with Gasteiger partial charge in [0.1, 0.15) is 0 Å². The largest absolute Gasteiger partial charge is 0.487 e. The van der Waals surface area contributed by atoms with Gasteiger partial charge in [-0.05, 0) is 84.8 Å². The third-order valence-corrected chi connectivity index (χ3v) is 5.84. The summed E-state index contributed by atoms with van der Waals surface area (Å²) in [5.41, 5.74) is -1.11.